The Morgan fingerprint density at radius 3 is 2.16 bits per heavy atom. The highest BCUT2D eigenvalue weighted by molar-refractivity contribution is 7.89. The summed E-state index contributed by atoms with van der Waals surface area (Å²) in [7, 11) is -3.64. The van der Waals surface area contributed by atoms with E-state index < -0.39 is 10.0 Å². The molecule has 180 valence electrons. The molecule has 1 aromatic carbocycles. The van der Waals surface area contributed by atoms with Crippen molar-refractivity contribution in [2.24, 2.45) is 11.3 Å². The van der Waals surface area contributed by atoms with Gasteiger partial charge in [0.15, 0.2) is 0 Å². The molecule has 0 bridgehead atoms. The van der Waals surface area contributed by atoms with Crippen LogP contribution in [0.4, 0.5) is 0 Å². The lowest BCUT2D eigenvalue weighted by Gasteiger charge is -2.33. The van der Waals surface area contributed by atoms with Crippen molar-refractivity contribution in [1.82, 2.24) is 4.72 Å². The van der Waals surface area contributed by atoms with Crippen LogP contribution in [-0.2, 0) is 15.4 Å². The summed E-state index contributed by atoms with van der Waals surface area (Å²) < 4.78 is 35.0. The molecule has 0 amide bonds. The first kappa shape index (κ1) is 28.0. The molecule has 0 aliphatic heterocycles. The lowest BCUT2D eigenvalue weighted by atomic mass is 9.72. The van der Waals surface area contributed by atoms with Gasteiger partial charge in [-0.2, -0.15) is 0 Å². The van der Waals surface area contributed by atoms with Gasteiger partial charge in [-0.1, -0.05) is 93.6 Å². The fourth-order valence-electron chi connectivity index (χ4n) is 4.10. The molecule has 0 unspecified atom stereocenters. The summed E-state index contributed by atoms with van der Waals surface area (Å²) in [4.78, 5) is 0.263. The molecular formula is C26H47NO3S. The van der Waals surface area contributed by atoms with Crippen molar-refractivity contribution in [3.63, 3.8) is 0 Å². The minimum atomic E-state index is -3.64. The Morgan fingerprint density at radius 2 is 1.58 bits per heavy atom. The first-order chi connectivity index (χ1) is 14.3. The molecule has 1 rings (SSSR count). The van der Waals surface area contributed by atoms with Crippen molar-refractivity contribution in [3.8, 4) is 5.75 Å². The van der Waals surface area contributed by atoms with Gasteiger partial charge in [-0.05, 0) is 47.3 Å². The van der Waals surface area contributed by atoms with Gasteiger partial charge in [0.25, 0.3) is 0 Å². The molecule has 0 saturated carbocycles. The van der Waals surface area contributed by atoms with Crippen LogP contribution in [0.1, 0.15) is 106 Å². The minimum Gasteiger partial charge on any atom is -0.492 e. The van der Waals surface area contributed by atoms with Crippen LogP contribution in [0, 0.1) is 11.3 Å². The van der Waals surface area contributed by atoms with Gasteiger partial charge in [0.1, 0.15) is 10.6 Å². The summed E-state index contributed by atoms with van der Waals surface area (Å²) in [6.45, 7) is 18.2. The molecule has 0 aromatic heterocycles. The number of rotatable bonds is 14. The van der Waals surface area contributed by atoms with Crippen molar-refractivity contribution in [2.75, 3.05) is 13.2 Å². The maximum absolute atomic E-state index is 13.1. The lowest BCUT2D eigenvalue weighted by Crippen LogP contribution is -2.29. The number of hydrogen-bond donors (Lipinski definition) is 1. The summed E-state index contributed by atoms with van der Waals surface area (Å²) in [5, 5.41) is 0. The van der Waals surface area contributed by atoms with Crippen LogP contribution in [0.15, 0.2) is 23.1 Å². The molecule has 0 fully saturated rings. The number of unbranched alkanes of at least 4 members (excludes halogenated alkanes) is 5. The largest absolute Gasteiger partial charge is 0.492 e. The molecule has 0 spiro atoms. The van der Waals surface area contributed by atoms with E-state index in [1.165, 1.54) is 25.7 Å². The Morgan fingerprint density at radius 1 is 0.968 bits per heavy atom. The molecule has 5 heteroatoms. The first-order valence-electron chi connectivity index (χ1n) is 12.1. The Kier molecular flexibility index (Phi) is 11.0. The first-order valence-corrected chi connectivity index (χ1v) is 13.5. The van der Waals surface area contributed by atoms with Crippen molar-refractivity contribution in [1.29, 1.82) is 0 Å². The van der Waals surface area contributed by atoms with E-state index >= 15 is 0 Å². The molecule has 4 nitrogen and oxygen atoms in total. The van der Waals surface area contributed by atoms with Gasteiger partial charge in [-0.25, -0.2) is 13.1 Å². The van der Waals surface area contributed by atoms with Crippen LogP contribution in [0.25, 0.3) is 0 Å². The van der Waals surface area contributed by atoms with Crippen LogP contribution in [0.2, 0.25) is 0 Å². The molecule has 0 atom stereocenters. The topological polar surface area (TPSA) is 55.4 Å². The van der Waals surface area contributed by atoms with Gasteiger partial charge in [-0.15, -0.1) is 0 Å². The highest BCUT2D eigenvalue weighted by Crippen LogP contribution is 2.38. The second-order valence-electron chi connectivity index (χ2n) is 11.1. The third-order valence-electron chi connectivity index (χ3n) is 5.42. The summed E-state index contributed by atoms with van der Waals surface area (Å²) in [5.74, 6) is 0.697. The molecule has 1 aromatic rings. The summed E-state index contributed by atoms with van der Waals surface area (Å²) in [5.41, 5.74) is 1.03. The van der Waals surface area contributed by atoms with E-state index in [-0.39, 0.29) is 21.6 Å². The summed E-state index contributed by atoms with van der Waals surface area (Å²) in [6.07, 6.45) is 7.99. The van der Waals surface area contributed by atoms with Gasteiger partial charge in [0.2, 0.25) is 10.0 Å². The van der Waals surface area contributed by atoms with E-state index in [4.69, 9.17) is 4.74 Å². The van der Waals surface area contributed by atoms with Crippen LogP contribution < -0.4 is 9.46 Å². The molecule has 31 heavy (non-hydrogen) atoms. The number of nitrogens with one attached hydrogen (secondary N) is 1. The number of ether oxygens (including phenoxy) is 1. The minimum absolute atomic E-state index is 0.141. The van der Waals surface area contributed by atoms with Gasteiger partial charge in [0.05, 0.1) is 6.61 Å². The zero-order valence-electron chi connectivity index (χ0n) is 21.3. The molecular weight excluding hydrogens is 406 g/mol. The number of hydrogen-bond acceptors (Lipinski definition) is 3. The maximum Gasteiger partial charge on any atom is 0.244 e. The number of sulfonamides is 1. The second-order valence-corrected chi connectivity index (χ2v) is 12.9. The summed E-state index contributed by atoms with van der Waals surface area (Å²) >= 11 is 0. The fourth-order valence-corrected chi connectivity index (χ4v) is 5.49. The zero-order chi connectivity index (χ0) is 23.7. The van der Waals surface area contributed by atoms with E-state index in [2.05, 4.69) is 46.3 Å². The zero-order valence-corrected chi connectivity index (χ0v) is 22.1. The standard InChI is InChI=1S/C26H47NO3S/c1-9-10-11-12-13-14-17-30-23-16-15-22(26(7,8)20-25(4,5)6)18-24(23)31(28,29)27-19-21(2)3/h15-16,18,21,27H,9-14,17,19-20H2,1-8H3. The van der Waals surface area contributed by atoms with E-state index in [1.54, 1.807) is 0 Å². The average molecular weight is 454 g/mol. The Hall–Kier alpha value is -1.07. The third kappa shape index (κ3) is 10.4. The number of benzene rings is 1. The van der Waals surface area contributed by atoms with Crippen LogP contribution in [0.3, 0.4) is 0 Å². The quantitative estimate of drug-likeness (QED) is 0.306. The predicted molar refractivity (Wildman–Crippen MR) is 132 cm³/mol. The molecule has 0 aliphatic carbocycles. The van der Waals surface area contributed by atoms with E-state index in [1.807, 2.05) is 32.0 Å². The van der Waals surface area contributed by atoms with Crippen LogP contribution in [0.5, 0.6) is 5.75 Å². The maximum atomic E-state index is 13.1. The predicted octanol–water partition coefficient (Wildman–Crippen LogP) is 7.07. The van der Waals surface area contributed by atoms with Crippen molar-refractivity contribution < 1.29 is 13.2 Å². The second kappa shape index (κ2) is 12.2. The van der Waals surface area contributed by atoms with E-state index in [0.29, 0.717) is 18.9 Å². The third-order valence-corrected chi connectivity index (χ3v) is 6.87. The molecule has 0 radical (unpaired) electrons. The monoisotopic (exact) mass is 453 g/mol. The van der Waals surface area contributed by atoms with Crippen molar-refractivity contribution >= 4 is 10.0 Å². The molecule has 0 heterocycles. The Balaban J connectivity index is 3.08. The van der Waals surface area contributed by atoms with Crippen LogP contribution in [-0.4, -0.2) is 21.6 Å². The van der Waals surface area contributed by atoms with Crippen molar-refractivity contribution in [3.05, 3.63) is 23.8 Å². The smallest absolute Gasteiger partial charge is 0.244 e. The normalized spacial score (nSPS) is 13.1. The van der Waals surface area contributed by atoms with Crippen molar-refractivity contribution in [2.45, 2.75) is 111 Å². The van der Waals surface area contributed by atoms with Gasteiger partial charge in [0, 0.05) is 6.54 Å². The van der Waals surface area contributed by atoms with E-state index in [0.717, 1.165) is 24.8 Å². The van der Waals surface area contributed by atoms with Gasteiger partial charge in [-0.3, -0.25) is 0 Å². The summed E-state index contributed by atoms with van der Waals surface area (Å²) in [6, 6.07) is 5.70. The van der Waals surface area contributed by atoms with Crippen LogP contribution >= 0.6 is 0 Å². The Bertz CT molecular complexity index is 761. The molecule has 1 N–H and O–H groups in total. The van der Waals surface area contributed by atoms with Gasteiger partial charge < -0.3 is 4.74 Å². The highest BCUT2D eigenvalue weighted by Gasteiger charge is 2.30. The fraction of sp³-hybridized carbons (Fsp3) is 0.769. The molecule has 0 aliphatic rings. The average Bonchev–Trinajstić information content (AvgIpc) is 2.64. The van der Waals surface area contributed by atoms with Gasteiger partial charge >= 0.3 is 0 Å². The van der Waals surface area contributed by atoms with E-state index in [9.17, 15) is 8.42 Å². The highest BCUT2D eigenvalue weighted by atomic mass is 32.2. The lowest BCUT2D eigenvalue weighted by molar-refractivity contribution is 0.281. The SMILES string of the molecule is CCCCCCCCOc1ccc(C(C)(C)CC(C)(C)C)cc1S(=O)(=O)NCC(C)C. The Labute approximate surface area is 192 Å². The molecule has 0 saturated heterocycles.